The highest BCUT2D eigenvalue weighted by Crippen LogP contribution is 2.23. The number of hydrogen-bond donors (Lipinski definition) is 1. The van der Waals surface area contributed by atoms with Crippen LogP contribution in [0.5, 0.6) is 0 Å². The molecule has 0 spiro atoms. The third-order valence-corrected chi connectivity index (χ3v) is 3.03. The van der Waals surface area contributed by atoms with Crippen LogP contribution in [0.25, 0.3) is 17.1 Å². The minimum absolute atomic E-state index is 0.0643. The molecule has 6 nitrogen and oxygen atoms in total. The molecule has 0 aliphatic heterocycles. The van der Waals surface area contributed by atoms with E-state index in [4.69, 9.17) is 16.7 Å². The quantitative estimate of drug-likeness (QED) is 0.804. The molecule has 0 fully saturated rings. The maximum Gasteiger partial charge on any atom is 0.356 e. The van der Waals surface area contributed by atoms with Crippen LogP contribution in [0, 0.1) is 0 Å². The van der Waals surface area contributed by atoms with E-state index in [0.29, 0.717) is 11.5 Å². The van der Waals surface area contributed by atoms with Crippen molar-refractivity contribution < 1.29 is 9.90 Å². The van der Waals surface area contributed by atoms with Gasteiger partial charge in [-0.05, 0) is 18.2 Å². The molecule has 0 saturated carbocycles. The Morgan fingerprint density at radius 1 is 1.10 bits per heavy atom. The molecule has 1 aromatic carbocycles. The van der Waals surface area contributed by atoms with Crippen LogP contribution in [0.1, 0.15) is 10.5 Å². The second-order valence-corrected chi connectivity index (χ2v) is 4.60. The Hall–Kier alpha value is -2.73. The number of carboxylic acid groups (broad SMARTS) is 1. The van der Waals surface area contributed by atoms with E-state index in [-0.39, 0.29) is 10.8 Å². The number of carbonyl (C=O) groups is 1. The smallest absolute Gasteiger partial charge is 0.356 e. The lowest BCUT2D eigenvalue weighted by atomic mass is 10.1. The second-order valence-electron chi connectivity index (χ2n) is 4.21. The minimum atomic E-state index is -1.10. The molecule has 0 saturated heterocycles. The van der Waals surface area contributed by atoms with E-state index in [9.17, 15) is 4.79 Å². The first-order chi connectivity index (χ1) is 10.1. The lowest BCUT2D eigenvalue weighted by Crippen LogP contribution is -2.05. The van der Waals surface area contributed by atoms with E-state index in [1.807, 2.05) is 30.3 Å². The van der Waals surface area contributed by atoms with Crippen LogP contribution in [0.15, 0.2) is 48.5 Å². The number of nitrogens with zero attached hydrogens (tertiary/aromatic N) is 4. The SMILES string of the molecule is O=C(O)c1cc(-c2ccccc2)n(-c2ccc(Cl)nn2)n1. The average Bonchev–Trinajstić information content (AvgIpc) is 2.94. The summed E-state index contributed by atoms with van der Waals surface area (Å²) in [5.74, 6) is -0.710. The largest absolute Gasteiger partial charge is 0.476 e. The van der Waals surface area contributed by atoms with Gasteiger partial charge < -0.3 is 5.11 Å². The Morgan fingerprint density at radius 3 is 2.48 bits per heavy atom. The van der Waals surface area contributed by atoms with Crippen molar-refractivity contribution in [2.75, 3.05) is 0 Å². The number of carboxylic acids is 1. The van der Waals surface area contributed by atoms with Crippen molar-refractivity contribution in [3.63, 3.8) is 0 Å². The van der Waals surface area contributed by atoms with Gasteiger partial charge in [-0.15, -0.1) is 10.2 Å². The van der Waals surface area contributed by atoms with E-state index in [0.717, 1.165) is 5.56 Å². The topological polar surface area (TPSA) is 80.9 Å². The van der Waals surface area contributed by atoms with Gasteiger partial charge in [0.2, 0.25) is 0 Å². The van der Waals surface area contributed by atoms with E-state index < -0.39 is 5.97 Å². The van der Waals surface area contributed by atoms with Crippen molar-refractivity contribution in [1.29, 1.82) is 0 Å². The summed E-state index contributed by atoms with van der Waals surface area (Å²) in [5.41, 5.74) is 1.38. The summed E-state index contributed by atoms with van der Waals surface area (Å²) in [5, 5.41) is 21.1. The molecule has 3 rings (SSSR count). The standard InChI is InChI=1S/C14H9ClN4O2/c15-12-6-7-13(17-16-12)19-11(8-10(18-19)14(20)21)9-4-2-1-3-5-9/h1-8H,(H,20,21). The molecular formula is C14H9ClN4O2. The van der Waals surface area contributed by atoms with Gasteiger partial charge in [-0.2, -0.15) is 5.10 Å². The minimum Gasteiger partial charge on any atom is -0.476 e. The molecule has 0 unspecified atom stereocenters. The molecule has 3 aromatic rings. The number of rotatable bonds is 3. The van der Waals surface area contributed by atoms with E-state index >= 15 is 0 Å². The van der Waals surface area contributed by atoms with Gasteiger partial charge in [-0.1, -0.05) is 41.9 Å². The molecule has 0 amide bonds. The highest BCUT2D eigenvalue weighted by molar-refractivity contribution is 6.29. The molecule has 0 aliphatic rings. The van der Waals surface area contributed by atoms with Crippen LogP contribution in [-0.2, 0) is 0 Å². The van der Waals surface area contributed by atoms with E-state index in [1.54, 1.807) is 12.1 Å². The van der Waals surface area contributed by atoms with Crippen molar-refractivity contribution in [2.45, 2.75) is 0 Å². The van der Waals surface area contributed by atoms with Gasteiger partial charge in [0.25, 0.3) is 0 Å². The van der Waals surface area contributed by atoms with Crippen LogP contribution in [-0.4, -0.2) is 31.1 Å². The first kappa shape index (κ1) is 13.3. The number of halogens is 1. The molecule has 2 heterocycles. The van der Waals surface area contributed by atoms with Crippen LogP contribution in [0.3, 0.4) is 0 Å². The van der Waals surface area contributed by atoms with Gasteiger partial charge in [0.15, 0.2) is 16.7 Å². The summed E-state index contributed by atoms with van der Waals surface area (Å²) in [6, 6.07) is 14.0. The van der Waals surface area contributed by atoms with E-state index in [2.05, 4.69) is 15.3 Å². The summed E-state index contributed by atoms with van der Waals surface area (Å²) in [6.07, 6.45) is 0. The number of benzene rings is 1. The first-order valence-electron chi connectivity index (χ1n) is 6.03. The zero-order valence-corrected chi connectivity index (χ0v) is 11.4. The molecule has 0 atom stereocenters. The maximum absolute atomic E-state index is 11.2. The van der Waals surface area contributed by atoms with Gasteiger partial charge >= 0.3 is 5.97 Å². The molecule has 21 heavy (non-hydrogen) atoms. The average molecular weight is 301 g/mol. The lowest BCUT2D eigenvalue weighted by molar-refractivity contribution is 0.0690. The first-order valence-corrected chi connectivity index (χ1v) is 6.41. The van der Waals surface area contributed by atoms with Crippen molar-refractivity contribution in [1.82, 2.24) is 20.0 Å². The summed E-state index contributed by atoms with van der Waals surface area (Å²) < 4.78 is 1.43. The van der Waals surface area contributed by atoms with Gasteiger partial charge in [0.05, 0.1) is 5.69 Å². The molecule has 0 bridgehead atoms. The summed E-state index contributed by atoms with van der Waals surface area (Å²) in [4.78, 5) is 11.2. The van der Waals surface area contributed by atoms with Crippen molar-refractivity contribution in [3.8, 4) is 17.1 Å². The molecule has 7 heteroatoms. The Kier molecular flexibility index (Phi) is 3.37. The van der Waals surface area contributed by atoms with Crippen molar-refractivity contribution in [2.24, 2.45) is 0 Å². The highest BCUT2D eigenvalue weighted by Gasteiger charge is 2.16. The van der Waals surface area contributed by atoms with Crippen LogP contribution >= 0.6 is 11.6 Å². The normalized spacial score (nSPS) is 10.5. The fourth-order valence-corrected chi connectivity index (χ4v) is 2.00. The predicted octanol–water partition coefficient (Wildman–Crippen LogP) is 2.68. The molecule has 1 N–H and O–H groups in total. The third-order valence-electron chi connectivity index (χ3n) is 2.83. The number of aromatic nitrogens is 4. The fraction of sp³-hybridized carbons (Fsp3) is 0. The Balaban J connectivity index is 2.19. The van der Waals surface area contributed by atoms with Gasteiger partial charge in [-0.3, -0.25) is 0 Å². The molecule has 104 valence electrons. The molecule has 0 radical (unpaired) electrons. The second kappa shape index (κ2) is 5.34. The summed E-state index contributed by atoms with van der Waals surface area (Å²) >= 11 is 5.71. The third kappa shape index (κ3) is 2.61. The van der Waals surface area contributed by atoms with E-state index in [1.165, 1.54) is 10.7 Å². The Morgan fingerprint density at radius 2 is 1.86 bits per heavy atom. The summed E-state index contributed by atoms with van der Waals surface area (Å²) in [7, 11) is 0. The van der Waals surface area contributed by atoms with Crippen molar-refractivity contribution in [3.05, 3.63) is 59.4 Å². The molecular weight excluding hydrogens is 292 g/mol. The zero-order valence-electron chi connectivity index (χ0n) is 10.6. The number of hydrogen-bond acceptors (Lipinski definition) is 4. The zero-order chi connectivity index (χ0) is 14.8. The van der Waals surface area contributed by atoms with Crippen LogP contribution < -0.4 is 0 Å². The number of aromatic carboxylic acids is 1. The monoisotopic (exact) mass is 300 g/mol. The Labute approximate surface area is 124 Å². The summed E-state index contributed by atoms with van der Waals surface area (Å²) in [6.45, 7) is 0. The molecule has 0 aliphatic carbocycles. The molecule has 2 aromatic heterocycles. The Bertz CT molecular complexity index is 784. The predicted molar refractivity (Wildman–Crippen MR) is 76.6 cm³/mol. The van der Waals surface area contributed by atoms with Crippen LogP contribution in [0.4, 0.5) is 0 Å². The fourth-order valence-electron chi connectivity index (χ4n) is 1.90. The van der Waals surface area contributed by atoms with Gasteiger partial charge in [-0.25, -0.2) is 9.48 Å². The van der Waals surface area contributed by atoms with Gasteiger partial charge in [0, 0.05) is 5.56 Å². The van der Waals surface area contributed by atoms with Crippen LogP contribution in [0.2, 0.25) is 5.15 Å². The maximum atomic E-state index is 11.2. The van der Waals surface area contributed by atoms with Gasteiger partial charge in [0.1, 0.15) is 0 Å². The highest BCUT2D eigenvalue weighted by atomic mass is 35.5. The lowest BCUT2D eigenvalue weighted by Gasteiger charge is -2.05. The van der Waals surface area contributed by atoms with Crippen molar-refractivity contribution >= 4 is 17.6 Å².